The van der Waals surface area contributed by atoms with Crippen molar-refractivity contribution in [2.24, 2.45) is 11.8 Å². The van der Waals surface area contributed by atoms with Gasteiger partial charge in [0.2, 0.25) is 0 Å². The fourth-order valence-corrected chi connectivity index (χ4v) is 3.36. The summed E-state index contributed by atoms with van der Waals surface area (Å²) in [5, 5.41) is 0. The van der Waals surface area contributed by atoms with Crippen LogP contribution in [0.1, 0.15) is 0 Å². The van der Waals surface area contributed by atoms with Crippen molar-refractivity contribution in [2.75, 3.05) is 0 Å². The smallest absolute Gasteiger partial charge is 0.0852 e. The van der Waals surface area contributed by atoms with E-state index in [0.717, 1.165) is 0 Å². The van der Waals surface area contributed by atoms with E-state index in [9.17, 15) is 0 Å². The average Bonchev–Trinajstić information content (AvgIpc) is 2.38. The third-order valence-corrected chi connectivity index (χ3v) is 4.23. The molecule has 0 spiro atoms. The van der Waals surface area contributed by atoms with Crippen molar-refractivity contribution in [1.29, 1.82) is 0 Å². The molecule has 0 N–H and O–H groups in total. The van der Waals surface area contributed by atoms with Crippen molar-refractivity contribution < 1.29 is 0 Å². The van der Waals surface area contributed by atoms with Crippen LogP contribution in [0.3, 0.4) is 0 Å². The highest BCUT2D eigenvalue weighted by atomic mass is 14.4. The largest absolute Gasteiger partial charge is 0.139 e. The predicted molar refractivity (Wildman–Crippen MR) is 74.2 cm³/mol. The lowest BCUT2D eigenvalue weighted by atomic mass is 9.61. The van der Waals surface area contributed by atoms with Crippen LogP contribution in [0.15, 0.2) is 82.4 Å². The molecule has 0 saturated carbocycles. The van der Waals surface area contributed by atoms with Gasteiger partial charge in [0, 0.05) is 11.8 Å². The fourth-order valence-electron chi connectivity index (χ4n) is 3.36. The molecule has 2 atom stereocenters. The molecule has 4 aliphatic rings. The summed E-state index contributed by atoms with van der Waals surface area (Å²) < 4.78 is 0. The van der Waals surface area contributed by atoms with Gasteiger partial charge in [-0.05, 0) is 22.3 Å². The molecule has 0 heterocycles. The van der Waals surface area contributed by atoms with Gasteiger partial charge in [0.15, 0.2) is 0 Å². The molecule has 0 aromatic heterocycles. The third-order valence-electron chi connectivity index (χ3n) is 4.23. The van der Waals surface area contributed by atoms with E-state index in [1.165, 1.54) is 27.8 Å². The Labute approximate surface area is 103 Å². The lowest BCUT2D eigenvalue weighted by molar-refractivity contribution is 0.562. The summed E-state index contributed by atoms with van der Waals surface area (Å²) in [6.07, 6.45) is 20.4. The van der Waals surface area contributed by atoms with Gasteiger partial charge in [-0.25, -0.2) is 0 Å². The van der Waals surface area contributed by atoms with E-state index in [4.69, 9.17) is 0 Å². The van der Waals surface area contributed by atoms with Crippen LogP contribution in [-0.4, -0.2) is 7.85 Å². The van der Waals surface area contributed by atoms with E-state index < -0.39 is 0 Å². The van der Waals surface area contributed by atoms with Crippen LogP contribution in [0.25, 0.3) is 0 Å². The van der Waals surface area contributed by atoms with Gasteiger partial charge in [-0.2, -0.15) is 0 Å². The Hall–Kier alpha value is -1.76. The van der Waals surface area contributed by atoms with Crippen molar-refractivity contribution in [3.63, 3.8) is 0 Å². The van der Waals surface area contributed by atoms with Gasteiger partial charge in [-0.15, -0.1) is 0 Å². The first-order valence-electron chi connectivity index (χ1n) is 6.21. The lowest BCUT2D eigenvalue weighted by Gasteiger charge is -2.40. The molecule has 0 aromatic carbocycles. The predicted octanol–water partition coefficient (Wildman–Crippen LogP) is 2.61. The van der Waals surface area contributed by atoms with Crippen LogP contribution in [0.4, 0.5) is 0 Å². The van der Waals surface area contributed by atoms with Crippen molar-refractivity contribution in [3.8, 4) is 0 Å². The normalized spacial score (nSPS) is 31.9. The van der Waals surface area contributed by atoms with Gasteiger partial charge < -0.3 is 0 Å². The fraction of sp³-hybridized carbons (Fsp3) is 0.125. The standard InChI is InChI=1S/C16H13B/c17-14-9-7-12-5-4-10-2-1-3-11-6-8-13(14)16(12)15(10)11/h1-9,15-16H,17H2. The van der Waals surface area contributed by atoms with Crippen molar-refractivity contribution in [3.05, 3.63) is 82.4 Å². The summed E-state index contributed by atoms with van der Waals surface area (Å²) in [5.41, 5.74) is 7.30. The summed E-state index contributed by atoms with van der Waals surface area (Å²) >= 11 is 0. The monoisotopic (exact) mass is 216 g/mol. The zero-order valence-corrected chi connectivity index (χ0v) is 9.85. The molecular weight excluding hydrogens is 203 g/mol. The molecule has 1 heteroatoms. The van der Waals surface area contributed by atoms with Crippen LogP contribution in [0, 0.1) is 11.8 Å². The van der Waals surface area contributed by atoms with Crippen LogP contribution >= 0.6 is 0 Å². The first-order valence-corrected chi connectivity index (χ1v) is 6.21. The first-order chi connectivity index (χ1) is 8.34. The molecule has 4 aliphatic carbocycles. The topological polar surface area (TPSA) is 0 Å². The summed E-state index contributed by atoms with van der Waals surface area (Å²) in [6, 6.07) is 0. The van der Waals surface area contributed by atoms with Crippen LogP contribution in [0.2, 0.25) is 0 Å². The van der Waals surface area contributed by atoms with Gasteiger partial charge in [0.05, 0.1) is 0 Å². The Morgan fingerprint density at radius 1 is 0.706 bits per heavy atom. The lowest BCUT2D eigenvalue weighted by Crippen LogP contribution is -2.29. The molecule has 2 unspecified atom stereocenters. The van der Waals surface area contributed by atoms with E-state index in [1.807, 2.05) is 0 Å². The van der Waals surface area contributed by atoms with Gasteiger partial charge in [-0.3, -0.25) is 0 Å². The minimum atomic E-state index is 0.555. The van der Waals surface area contributed by atoms with Gasteiger partial charge in [-0.1, -0.05) is 60.2 Å². The second kappa shape index (κ2) is 3.13. The van der Waals surface area contributed by atoms with Gasteiger partial charge in [0.1, 0.15) is 7.85 Å². The van der Waals surface area contributed by atoms with E-state index >= 15 is 0 Å². The second-order valence-electron chi connectivity index (χ2n) is 5.12. The molecule has 0 aromatic rings. The SMILES string of the molecule is BC1=CC=C2C=CC3=CC=CC4=CC=C1C2C34. The number of allylic oxidation sites excluding steroid dienone is 14. The highest BCUT2D eigenvalue weighted by Gasteiger charge is 2.37. The highest BCUT2D eigenvalue weighted by Crippen LogP contribution is 2.49. The summed E-state index contributed by atoms with van der Waals surface area (Å²) in [4.78, 5) is 0. The molecule has 17 heavy (non-hydrogen) atoms. The molecule has 0 amide bonds. The Kier molecular flexibility index (Phi) is 1.71. The molecular formula is C16H13B. The quantitative estimate of drug-likeness (QED) is 0.546. The van der Waals surface area contributed by atoms with E-state index in [2.05, 4.69) is 62.5 Å². The van der Waals surface area contributed by atoms with E-state index in [1.54, 1.807) is 0 Å². The Morgan fingerprint density at radius 2 is 1.41 bits per heavy atom. The first kappa shape index (κ1) is 9.29. The molecule has 0 aliphatic heterocycles. The third kappa shape index (κ3) is 1.14. The minimum Gasteiger partial charge on any atom is -0.0852 e. The maximum atomic E-state index is 2.31. The van der Waals surface area contributed by atoms with Crippen molar-refractivity contribution in [2.45, 2.75) is 0 Å². The molecule has 0 saturated heterocycles. The van der Waals surface area contributed by atoms with E-state index in [-0.39, 0.29) is 0 Å². The number of rotatable bonds is 0. The molecule has 4 rings (SSSR count). The van der Waals surface area contributed by atoms with Crippen LogP contribution in [-0.2, 0) is 0 Å². The Morgan fingerprint density at radius 3 is 2.29 bits per heavy atom. The highest BCUT2D eigenvalue weighted by molar-refractivity contribution is 6.25. The summed E-state index contributed by atoms with van der Waals surface area (Å²) in [7, 11) is 2.22. The Balaban J connectivity index is 2.02. The zero-order valence-electron chi connectivity index (χ0n) is 9.85. The number of hydrogen-bond donors (Lipinski definition) is 0. The Bertz CT molecular complexity index is 618. The summed E-state index contributed by atoms with van der Waals surface area (Å²) in [5.74, 6) is 1.11. The average molecular weight is 216 g/mol. The van der Waals surface area contributed by atoms with Gasteiger partial charge >= 0.3 is 0 Å². The number of hydrogen-bond acceptors (Lipinski definition) is 0. The second-order valence-corrected chi connectivity index (χ2v) is 5.12. The summed E-state index contributed by atoms with van der Waals surface area (Å²) in [6.45, 7) is 0. The molecule has 0 nitrogen and oxygen atoms in total. The van der Waals surface area contributed by atoms with Gasteiger partial charge in [0.25, 0.3) is 0 Å². The minimum absolute atomic E-state index is 0.555. The van der Waals surface area contributed by atoms with Crippen molar-refractivity contribution in [1.82, 2.24) is 0 Å². The maximum Gasteiger partial charge on any atom is 0.139 e. The van der Waals surface area contributed by atoms with Crippen LogP contribution in [0.5, 0.6) is 0 Å². The van der Waals surface area contributed by atoms with Crippen molar-refractivity contribution >= 4 is 7.85 Å². The van der Waals surface area contributed by atoms with Crippen LogP contribution < -0.4 is 0 Å². The molecule has 80 valence electrons. The molecule has 0 radical (unpaired) electrons. The van der Waals surface area contributed by atoms with E-state index in [0.29, 0.717) is 11.8 Å². The molecule has 0 fully saturated rings. The zero-order chi connectivity index (χ0) is 11.4. The molecule has 0 bridgehead atoms. The maximum absolute atomic E-state index is 2.31.